The number of halogens is 1. The number of carbonyl (C=O) groups is 1. The highest BCUT2D eigenvalue weighted by Crippen LogP contribution is 2.14. The van der Waals surface area contributed by atoms with Crippen molar-refractivity contribution in [2.75, 3.05) is 23.4 Å². The maximum Gasteiger partial charge on any atom is 0.225 e. The van der Waals surface area contributed by atoms with Gasteiger partial charge in [0, 0.05) is 42.4 Å². The smallest absolute Gasteiger partial charge is 0.225 e. The van der Waals surface area contributed by atoms with E-state index in [9.17, 15) is 4.79 Å². The summed E-state index contributed by atoms with van der Waals surface area (Å²) in [4.78, 5) is 15.6. The molecule has 0 bridgehead atoms. The third-order valence-corrected chi connectivity index (χ3v) is 3.78. The van der Waals surface area contributed by atoms with Crippen LogP contribution < -0.4 is 10.6 Å². The second kappa shape index (κ2) is 6.23. The van der Waals surface area contributed by atoms with Gasteiger partial charge < -0.3 is 10.6 Å². The molecule has 0 spiro atoms. The van der Waals surface area contributed by atoms with Crippen molar-refractivity contribution in [1.29, 1.82) is 0 Å². The van der Waals surface area contributed by atoms with E-state index in [1.807, 2.05) is 11.8 Å². The molecule has 1 aromatic rings. The van der Waals surface area contributed by atoms with E-state index in [1.54, 1.807) is 18.3 Å². The van der Waals surface area contributed by atoms with Gasteiger partial charge in [-0.3, -0.25) is 4.79 Å². The third kappa shape index (κ3) is 4.18. The first-order valence-electron chi connectivity index (χ1n) is 5.46. The van der Waals surface area contributed by atoms with Crippen molar-refractivity contribution in [3.8, 4) is 0 Å². The lowest BCUT2D eigenvalue weighted by Gasteiger charge is -2.22. The van der Waals surface area contributed by atoms with Gasteiger partial charge in [-0.2, -0.15) is 11.8 Å². The number of hydrogen-bond acceptors (Lipinski definition) is 4. The number of pyridine rings is 1. The third-order valence-electron chi connectivity index (χ3n) is 2.44. The molecule has 0 radical (unpaired) electrons. The summed E-state index contributed by atoms with van der Waals surface area (Å²) in [5, 5.41) is 6.53. The lowest BCUT2D eigenvalue weighted by atomic mass is 10.2. The highest BCUT2D eigenvalue weighted by atomic mass is 35.5. The molecule has 1 amide bonds. The molecular formula is C11H14ClN3OS. The van der Waals surface area contributed by atoms with Crippen LogP contribution in [0.4, 0.5) is 5.69 Å². The SMILES string of the molecule is O=C(CC1CSCCN1)Nc1ccnc(Cl)c1. The van der Waals surface area contributed by atoms with Crippen molar-refractivity contribution in [3.05, 3.63) is 23.5 Å². The lowest BCUT2D eigenvalue weighted by Crippen LogP contribution is -2.39. The Kier molecular flexibility index (Phi) is 4.65. The van der Waals surface area contributed by atoms with Crippen LogP contribution >= 0.6 is 23.4 Å². The Hall–Kier alpha value is -0.780. The van der Waals surface area contributed by atoms with Crippen molar-refractivity contribution < 1.29 is 4.79 Å². The van der Waals surface area contributed by atoms with Crippen LogP contribution in [0.5, 0.6) is 0 Å². The van der Waals surface area contributed by atoms with Gasteiger partial charge in [0.05, 0.1) is 0 Å². The molecule has 1 saturated heterocycles. The number of aromatic nitrogens is 1. The largest absolute Gasteiger partial charge is 0.326 e. The highest BCUT2D eigenvalue weighted by Gasteiger charge is 2.16. The average Bonchev–Trinajstić information content (AvgIpc) is 2.30. The van der Waals surface area contributed by atoms with Crippen LogP contribution in [0.1, 0.15) is 6.42 Å². The number of anilines is 1. The van der Waals surface area contributed by atoms with Gasteiger partial charge in [0.15, 0.2) is 0 Å². The summed E-state index contributed by atoms with van der Waals surface area (Å²) in [5.41, 5.74) is 0.693. The first-order chi connectivity index (χ1) is 8.24. The Morgan fingerprint density at radius 1 is 1.71 bits per heavy atom. The molecular weight excluding hydrogens is 258 g/mol. The van der Waals surface area contributed by atoms with Crippen molar-refractivity contribution >= 4 is 35.0 Å². The molecule has 92 valence electrons. The summed E-state index contributed by atoms with van der Waals surface area (Å²) in [6.45, 7) is 0.976. The second-order valence-corrected chi connectivity index (χ2v) is 5.38. The van der Waals surface area contributed by atoms with Crippen LogP contribution in [0.2, 0.25) is 5.15 Å². The van der Waals surface area contributed by atoms with Crippen molar-refractivity contribution in [1.82, 2.24) is 10.3 Å². The summed E-state index contributed by atoms with van der Waals surface area (Å²) >= 11 is 7.62. The Morgan fingerprint density at radius 3 is 3.29 bits per heavy atom. The Labute approximate surface area is 110 Å². The van der Waals surface area contributed by atoms with E-state index in [0.29, 0.717) is 17.3 Å². The standard InChI is InChI=1S/C11H14ClN3OS/c12-10-5-8(1-2-14-10)15-11(16)6-9-7-17-4-3-13-9/h1-2,5,9,13H,3-4,6-7H2,(H,14,15,16). The van der Waals surface area contributed by atoms with Crippen LogP contribution in [0, 0.1) is 0 Å². The number of nitrogens with zero attached hydrogens (tertiary/aromatic N) is 1. The summed E-state index contributed by atoms with van der Waals surface area (Å²) in [6, 6.07) is 3.64. The number of carbonyl (C=O) groups excluding carboxylic acids is 1. The Bertz CT molecular complexity index is 396. The first kappa shape index (κ1) is 12.7. The molecule has 17 heavy (non-hydrogen) atoms. The van der Waals surface area contributed by atoms with E-state index in [0.717, 1.165) is 18.1 Å². The topological polar surface area (TPSA) is 54.0 Å². The van der Waals surface area contributed by atoms with E-state index in [2.05, 4.69) is 15.6 Å². The maximum absolute atomic E-state index is 11.8. The fraction of sp³-hybridized carbons (Fsp3) is 0.455. The number of thioether (sulfide) groups is 1. The molecule has 6 heteroatoms. The number of hydrogen-bond donors (Lipinski definition) is 2. The average molecular weight is 272 g/mol. The molecule has 0 aromatic carbocycles. The van der Waals surface area contributed by atoms with Crippen molar-refractivity contribution in [2.24, 2.45) is 0 Å². The minimum absolute atomic E-state index is 0.00673. The van der Waals surface area contributed by atoms with Crippen LogP contribution in [0.15, 0.2) is 18.3 Å². The summed E-state index contributed by atoms with van der Waals surface area (Å²) in [5.74, 6) is 2.12. The molecule has 1 aliphatic rings. The molecule has 2 N–H and O–H groups in total. The first-order valence-corrected chi connectivity index (χ1v) is 7.00. The molecule has 4 nitrogen and oxygen atoms in total. The number of nitrogens with one attached hydrogen (secondary N) is 2. The number of rotatable bonds is 3. The molecule has 1 aromatic heterocycles. The Balaban J connectivity index is 1.84. The van der Waals surface area contributed by atoms with Gasteiger partial charge in [0.1, 0.15) is 5.15 Å². The second-order valence-electron chi connectivity index (χ2n) is 3.85. The van der Waals surface area contributed by atoms with Gasteiger partial charge in [-0.1, -0.05) is 11.6 Å². The van der Waals surface area contributed by atoms with Crippen molar-refractivity contribution in [2.45, 2.75) is 12.5 Å². The quantitative estimate of drug-likeness (QED) is 0.823. The van der Waals surface area contributed by atoms with E-state index >= 15 is 0 Å². The van der Waals surface area contributed by atoms with Crippen LogP contribution in [0.25, 0.3) is 0 Å². The number of amides is 1. The zero-order valence-corrected chi connectivity index (χ0v) is 10.9. The fourth-order valence-electron chi connectivity index (χ4n) is 1.67. The predicted octanol–water partition coefficient (Wildman–Crippen LogP) is 1.77. The lowest BCUT2D eigenvalue weighted by molar-refractivity contribution is -0.116. The molecule has 2 rings (SSSR count). The van der Waals surface area contributed by atoms with Gasteiger partial charge in [-0.05, 0) is 12.1 Å². The van der Waals surface area contributed by atoms with Crippen LogP contribution in [-0.2, 0) is 4.79 Å². The molecule has 1 fully saturated rings. The molecule has 1 atom stereocenters. The van der Waals surface area contributed by atoms with Crippen LogP contribution in [-0.4, -0.2) is 35.0 Å². The normalized spacial score (nSPS) is 19.9. The summed E-state index contributed by atoms with van der Waals surface area (Å²) < 4.78 is 0. The minimum Gasteiger partial charge on any atom is -0.326 e. The summed E-state index contributed by atoms with van der Waals surface area (Å²) in [7, 11) is 0. The van der Waals surface area contributed by atoms with Gasteiger partial charge in [0.25, 0.3) is 0 Å². The van der Waals surface area contributed by atoms with Gasteiger partial charge in [-0.15, -0.1) is 0 Å². The van der Waals surface area contributed by atoms with E-state index in [1.165, 1.54) is 0 Å². The molecule has 1 unspecified atom stereocenters. The van der Waals surface area contributed by atoms with Gasteiger partial charge in [0.2, 0.25) is 5.91 Å². The Morgan fingerprint density at radius 2 is 2.59 bits per heavy atom. The van der Waals surface area contributed by atoms with E-state index < -0.39 is 0 Å². The summed E-state index contributed by atoms with van der Waals surface area (Å²) in [6.07, 6.45) is 2.07. The zero-order chi connectivity index (χ0) is 12.1. The molecule has 2 heterocycles. The molecule has 0 saturated carbocycles. The molecule has 0 aliphatic carbocycles. The maximum atomic E-state index is 11.8. The monoisotopic (exact) mass is 271 g/mol. The van der Waals surface area contributed by atoms with Gasteiger partial charge in [-0.25, -0.2) is 4.98 Å². The zero-order valence-electron chi connectivity index (χ0n) is 9.28. The van der Waals surface area contributed by atoms with E-state index in [4.69, 9.17) is 11.6 Å². The fourth-order valence-corrected chi connectivity index (χ4v) is 2.79. The molecule has 1 aliphatic heterocycles. The highest BCUT2D eigenvalue weighted by molar-refractivity contribution is 7.99. The van der Waals surface area contributed by atoms with Crippen LogP contribution in [0.3, 0.4) is 0 Å². The van der Waals surface area contributed by atoms with Crippen molar-refractivity contribution in [3.63, 3.8) is 0 Å². The predicted molar refractivity (Wildman–Crippen MR) is 71.6 cm³/mol. The van der Waals surface area contributed by atoms with Gasteiger partial charge >= 0.3 is 0 Å². The van der Waals surface area contributed by atoms with E-state index in [-0.39, 0.29) is 11.9 Å². The minimum atomic E-state index is 0.00673.